The Morgan fingerprint density at radius 2 is 1.93 bits per heavy atom. The number of carbonyl (C=O) groups excluding carboxylic acids is 3. The number of hydrogen-bond donors (Lipinski definition) is 2. The van der Waals surface area contributed by atoms with Gasteiger partial charge in [0.1, 0.15) is 12.1 Å². The van der Waals surface area contributed by atoms with E-state index >= 15 is 0 Å². The van der Waals surface area contributed by atoms with Crippen LogP contribution in [0.3, 0.4) is 0 Å². The lowest BCUT2D eigenvalue weighted by Gasteiger charge is -2.32. The number of nitrogens with zero attached hydrogens (tertiary/aromatic N) is 1. The van der Waals surface area contributed by atoms with Gasteiger partial charge in [0.05, 0.1) is 6.04 Å². The molecule has 0 bridgehead atoms. The van der Waals surface area contributed by atoms with E-state index < -0.39 is 11.6 Å². The van der Waals surface area contributed by atoms with Gasteiger partial charge in [-0.1, -0.05) is 51.1 Å². The van der Waals surface area contributed by atoms with Crippen LogP contribution in [0.1, 0.15) is 49.2 Å². The summed E-state index contributed by atoms with van der Waals surface area (Å²) in [4.78, 5) is 40.8. The highest BCUT2D eigenvalue weighted by Gasteiger charge is 2.52. The molecule has 2 N–H and O–H groups in total. The predicted molar refractivity (Wildman–Crippen MR) is 116 cm³/mol. The van der Waals surface area contributed by atoms with Crippen LogP contribution in [-0.2, 0) is 22.4 Å². The number of urea groups is 1. The van der Waals surface area contributed by atoms with Crippen LogP contribution in [0.2, 0.25) is 0 Å². The lowest BCUT2D eigenvalue weighted by atomic mass is 9.78. The highest BCUT2D eigenvalue weighted by atomic mass is 32.1. The van der Waals surface area contributed by atoms with Crippen molar-refractivity contribution >= 4 is 29.2 Å². The van der Waals surface area contributed by atoms with Gasteiger partial charge in [0.2, 0.25) is 5.91 Å². The van der Waals surface area contributed by atoms with E-state index in [1.54, 1.807) is 11.3 Å². The van der Waals surface area contributed by atoms with Crippen molar-refractivity contribution in [2.24, 2.45) is 5.41 Å². The van der Waals surface area contributed by atoms with E-state index in [2.05, 4.69) is 37.5 Å². The van der Waals surface area contributed by atoms with Gasteiger partial charge in [-0.2, -0.15) is 0 Å². The molecule has 4 amide bonds. The molecule has 2 unspecified atom stereocenters. The Balaban J connectivity index is 1.48. The molecule has 1 aliphatic carbocycles. The van der Waals surface area contributed by atoms with E-state index in [1.807, 2.05) is 35.7 Å². The molecule has 0 radical (unpaired) electrons. The molecule has 2 atom stereocenters. The fourth-order valence-corrected chi connectivity index (χ4v) is 5.38. The minimum Gasteiger partial charge on any atom is -0.346 e. The highest BCUT2D eigenvalue weighted by Crippen LogP contribution is 2.36. The van der Waals surface area contributed by atoms with Crippen LogP contribution in [0.25, 0.3) is 0 Å². The van der Waals surface area contributed by atoms with E-state index in [0.29, 0.717) is 12.8 Å². The molecule has 30 heavy (non-hydrogen) atoms. The summed E-state index contributed by atoms with van der Waals surface area (Å²) >= 11 is 1.58. The number of nitrogens with one attached hydrogen (secondary N) is 2. The molecule has 1 aliphatic heterocycles. The number of benzene rings is 1. The third-order valence-corrected chi connectivity index (χ3v) is 6.92. The second-order valence-corrected chi connectivity index (χ2v) is 10.2. The first-order valence-corrected chi connectivity index (χ1v) is 11.1. The van der Waals surface area contributed by atoms with Crippen LogP contribution in [0, 0.1) is 5.41 Å². The number of carbonyl (C=O) groups is 3. The summed E-state index contributed by atoms with van der Waals surface area (Å²) in [6, 6.07) is 11.3. The van der Waals surface area contributed by atoms with Gasteiger partial charge >= 0.3 is 6.03 Å². The zero-order valence-electron chi connectivity index (χ0n) is 17.5. The number of aryl methyl sites for hydroxylation is 1. The topological polar surface area (TPSA) is 78.5 Å². The Labute approximate surface area is 180 Å². The van der Waals surface area contributed by atoms with Crippen molar-refractivity contribution in [3.63, 3.8) is 0 Å². The first-order valence-electron chi connectivity index (χ1n) is 10.2. The molecular formula is C23H27N3O3S. The standard InChI is InChI=1S/C23H27N3O3S/c1-22(2,3)19(17-9-6-12-30-17)24-18(27)14-26-20(28)23(25-21(26)29)11-10-15-7-4-5-8-16(15)13-23/h4-9,12,19H,10-11,13-14H2,1-3H3,(H,24,27)(H,25,29). The van der Waals surface area contributed by atoms with Crippen LogP contribution < -0.4 is 10.6 Å². The van der Waals surface area contributed by atoms with E-state index in [0.717, 1.165) is 21.8 Å². The van der Waals surface area contributed by atoms with Crippen molar-refractivity contribution in [1.29, 1.82) is 0 Å². The zero-order valence-corrected chi connectivity index (χ0v) is 18.3. The van der Waals surface area contributed by atoms with Crippen LogP contribution in [-0.4, -0.2) is 34.8 Å². The van der Waals surface area contributed by atoms with Gasteiger partial charge in [0.25, 0.3) is 5.91 Å². The van der Waals surface area contributed by atoms with Crippen molar-refractivity contribution in [2.75, 3.05) is 6.54 Å². The Hall–Kier alpha value is -2.67. The third-order valence-electron chi connectivity index (χ3n) is 5.98. The fourth-order valence-electron chi connectivity index (χ4n) is 4.36. The van der Waals surface area contributed by atoms with Crippen molar-refractivity contribution in [3.05, 3.63) is 57.8 Å². The molecule has 1 saturated heterocycles. The molecule has 2 aromatic rings. The maximum absolute atomic E-state index is 13.2. The normalized spacial score (nSPS) is 22.0. The van der Waals surface area contributed by atoms with Crippen LogP contribution in [0.5, 0.6) is 0 Å². The van der Waals surface area contributed by atoms with Gasteiger partial charge in [-0.15, -0.1) is 11.3 Å². The fraction of sp³-hybridized carbons (Fsp3) is 0.435. The van der Waals surface area contributed by atoms with E-state index in [9.17, 15) is 14.4 Å². The zero-order chi connectivity index (χ0) is 21.5. The molecule has 0 saturated carbocycles. The van der Waals surface area contributed by atoms with E-state index in [1.165, 1.54) is 5.56 Å². The SMILES string of the molecule is CC(C)(C)C(NC(=O)CN1C(=O)NC2(CCc3ccccc3C2)C1=O)c1cccs1. The maximum Gasteiger partial charge on any atom is 0.325 e. The molecule has 6 nitrogen and oxygen atoms in total. The second kappa shape index (κ2) is 7.54. The average molecular weight is 426 g/mol. The highest BCUT2D eigenvalue weighted by molar-refractivity contribution is 7.10. The number of fused-ring (bicyclic) bond motifs is 1. The molecule has 1 aromatic carbocycles. The van der Waals surface area contributed by atoms with Gasteiger partial charge < -0.3 is 10.6 Å². The summed E-state index contributed by atoms with van der Waals surface area (Å²) in [6.45, 7) is 5.89. The van der Waals surface area contributed by atoms with Crippen molar-refractivity contribution < 1.29 is 14.4 Å². The Morgan fingerprint density at radius 3 is 2.60 bits per heavy atom. The van der Waals surface area contributed by atoms with Crippen LogP contribution >= 0.6 is 11.3 Å². The van der Waals surface area contributed by atoms with Gasteiger partial charge in [0.15, 0.2) is 0 Å². The molecule has 4 rings (SSSR count). The number of amides is 4. The number of hydrogen-bond acceptors (Lipinski definition) is 4. The lowest BCUT2D eigenvalue weighted by Crippen LogP contribution is -2.51. The van der Waals surface area contributed by atoms with Crippen molar-refractivity contribution in [1.82, 2.24) is 15.5 Å². The monoisotopic (exact) mass is 425 g/mol. The summed E-state index contributed by atoms with van der Waals surface area (Å²) in [6.07, 6.45) is 1.74. The molecule has 1 fully saturated rings. The minimum atomic E-state index is -0.942. The van der Waals surface area contributed by atoms with Gasteiger partial charge in [-0.3, -0.25) is 14.5 Å². The molecule has 2 heterocycles. The van der Waals surface area contributed by atoms with Gasteiger partial charge in [-0.05, 0) is 40.8 Å². The van der Waals surface area contributed by atoms with E-state index in [-0.39, 0.29) is 29.8 Å². The summed E-state index contributed by atoms with van der Waals surface area (Å²) in [5.41, 5.74) is 1.15. The maximum atomic E-state index is 13.2. The quantitative estimate of drug-likeness (QED) is 0.737. The number of rotatable bonds is 4. The molecule has 2 aliphatic rings. The van der Waals surface area contributed by atoms with E-state index in [4.69, 9.17) is 0 Å². The molecule has 1 spiro atoms. The lowest BCUT2D eigenvalue weighted by molar-refractivity contribution is -0.135. The van der Waals surface area contributed by atoms with Crippen LogP contribution in [0.15, 0.2) is 41.8 Å². The summed E-state index contributed by atoms with van der Waals surface area (Å²) in [5, 5.41) is 7.89. The largest absolute Gasteiger partial charge is 0.346 e. The molecule has 1 aromatic heterocycles. The summed E-state index contributed by atoms with van der Waals surface area (Å²) < 4.78 is 0. The van der Waals surface area contributed by atoms with Crippen molar-refractivity contribution in [2.45, 2.75) is 51.6 Å². The minimum absolute atomic E-state index is 0.193. The molecular weight excluding hydrogens is 398 g/mol. The molecule has 7 heteroatoms. The van der Waals surface area contributed by atoms with Gasteiger partial charge in [0, 0.05) is 11.3 Å². The third kappa shape index (κ3) is 3.74. The average Bonchev–Trinajstić information content (AvgIpc) is 3.29. The first-order chi connectivity index (χ1) is 14.2. The number of thiophene rings is 1. The summed E-state index contributed by atoms with van der Waals surface area (Å²) in [5.74, 6) is -0.638. The first kappa shape index (κ1) is 20.6. The molecule has 158 valence electrons. The smallest absolute Gasteiger partial charge is 0.325 e. The summed E-state index contributed by atoms with van der Waals surface area (Å²) in [7, 11) is 0. The van der Waals surface area contributed by atoms with Crippen molar-refractivity contribution in [3.8, 4) is 0 Å². The number of imide groups is 1. The second-order valence-electron chi connectivity index (χ2n) is 9.23. The Bertz CT molecular complexity index is 980. The van der Waals surface area contributed by atoms with Gasteiger partial charge in [-0.25, -0.2) is 4.79 Å². The Morgan fingerprint density at radius 1 is 1.20 bits per heavy atom. The predicted octanol–water partition coefficient (Wildman–Crippen LogP) is 3.43. The van der Waals surface area contributed by atoms with Crippen LogP contribution in [0.4, 0.5) is 4.79 Å². The Kier molecular flexibility index (Phi) is 5.18.